The van der Waals surface area contributed by atoms with Gasteiger partial charge in [0.2, 0.25) is 0 Å². The van der Waals surface area contributed by atoms with Crippen LogP contribution in [-0.2, 0) is 0 Å². The molecule has 1 aliphatic rings. The van der Waals surface area contributed by atoms with Gasteiger partial charge in [0, 0.05) is 16.8 Å². The van der Waals surface area contributed by atoms with Crippen molar-refractivity contribution in [3.8, 4) is 0 Å². The molecule has 106 valence electrons. The van der Waals surface area contributed by atoms with E-state index < -0.39 is 0 Å². The lowest BCUT2D eigenvalue weighted by atomic mass is 10.2. The fourth-order valence-electron chi connectivity index (χ4n) is 2.53. The smallest absolute Gasteiger partial charge is 0.273 e. The molecule has 0 bridgehead atoms. The summed E-state index contributed by atoms with van der Waals surface area (Å²) in [5, 5.41) is 4.71. The van der Waals surface area contributed by atoms with Crippen molar-refractivity contribution >= 4 is 28.6 Å². The van der Waals surface area contributed by atoms with Crippen LogP contribution in [0.1, 0.15) is 52.2 Å². The number of aromatic nitrogens is 1. The summed E-state index contributed by atoms with van der Waals surface area (Å²) >= 11 is 3.18. The quantitative estimate of drug-likeness (QED) is 0.947. The molecular formula is C14H17N3OS2. The van der Waals surface area contributed by atoms with Crippen molar-refractivity contribution < 1.29 is 4.79 Å². The highest BCUT2D eigenvalue weighted by Crippen LogP contribution is 2.35. The highest BCUT2D eigenvalue weighted by molar-refractivity contribution is 7.10. The van der Waals surface area contributed by atoms with Gasteiger partial charge in [-0.05, 0) is 31.2 Å². The van der Waals surface area contributed by atoms with Crippen molar-refractivity contribution in [2.45, 2.75) is 31.8 Å². The van der Waals surface area contributed by atoms with Crippen LogP contribution in [-0.4, -0.2) is 22.3 Å². The van der Waals surface area contributed by atoms with Crippen molar-refractivity contribution in [1.29, 1.82) is 0 Å². The van der Waals surface area contributed by atoms with Gasteiger partial charge in [-0.25, -0.2) is 4.98 Å². The average molecular weight is 307 g/mol. The van der Waals surface area contributed by atoms with Gasteiger partial charge in [-0.15, -0.1) is 22.7 Å². The van der Waals surface area contributed by atoms with Crippen molar-refractivity contribution in [1.82, 2.24) is 9.88 Å². The molecule has 3 heterocycles. The highest BCUT2D eigenvalue weighted by atomic mass is 32.1. The van der Waals surface area contributed by atoms with Crippen LogP contribution in [0.15, 0.2) is 22.9 Å². The van der Waals surface area contributed by atoms with Gasteiger partial charge < -0.3 is 10.6 Å². The number of likely N-dealkylation sites (tertiary alicyclic amines) is 1. The second kappa shape index (κ2) is 5.63. The van der Waals surface area contributed by atoms with E-state index >= 15 is 0 Å². The molecule has 2 N–H and O–H groups in total. The normalized spacial score (nSPS) is 20.3. The number of hydrogen-bond acceptors (Lipinski definition) is 5. The summed E-state index contributed by atoms with van der Waals surface area (Å²) in [6.45, 7) is 2.70. The molecule has 0 spiro atoms. The highest BCUT2D eigenvalue weighted by Gasteiger charge is 2.32. The van der Waals surface area contributed by atoms with Crippen molar-refractivity contribution in [3.63, 3.8) is 0 Å². The van der Waals surface area contributed by atoms with E-state index in [1.54, 1.807) is 11.3 Å². The summed E-state index contributed by atoms with van der Waals surface area (Å²) in [6, 6.07) is 4.24. The van der Waals surface area contributed by atoms with Gasteiger partial charge in [-0.2, -0.15) is 0 Å². The Bertz CT molecular complexity index is 591. The second-order valence-electron chi connectivity index (χ2n) is 5.03. The van der Waals surface area contributed by atoms with Gasteiger partial charge in [0.05, 0.1) is 12.1 Å². The monoisotopic (exact) mass is 307 g/mol. The molecule has 0 radical (unpaired) electrons. The second-order valence-corrected chi connectivity index (χ2v) is 6.90. The first-order valence-electron chi connectivity index (χ1n) is 6.72. The third-order valence-corrected chi connectivity index (χ3v) is 5.54. The summed E-state index contributed by atoms with van der Waals surface area (Å²) in [5.74, 6) is 0.0315. The molecule has 2 unspecified atom stereocenters. The van der Waals surface area contributed by atoms with E-state index in [1.807, 2.05) is 23.3 Å². The van der Waals surface area contributed by atoms with E-state index in [0.29, 0.717) is 5.69 Å². The van der Waals surface area contributed by atoms with Crippen LogP contribution in [0.3, 0.4) is 0 Å². The Labute approximate surface area is 126 Å². The fourth-order valence-corrected chi connectivity index (χ4v) is 4.15. The molecule has 1 amide bonds. The maximum absolute atomic E-state index is 12.6. The van der Waals surface area contributed by atoms with E-state index in [9.17, 15) is 4.79 Å². The minimum atomic E-state index is -0.117. The number of hydrogen-bond donors (Lipinski definition) is 1. The minimum Gasteiger partial charge on any atom is -0.329 e. The summed E-state index contributed by atoms with van der Waals surface area (Å²) in [5.41, 5.74) is 6.34. The van der Waals surface area contributed by atoms with Crippen LogP contribution in [0.5, 0.6) is 0 Å². The summed E-state index contributed by atoms with van der Waals surface area (Å²) in [7, 11) is 0. The molecule has 3 rings (SSSR count). The lowest BCUT2D eigenvalue weighted by molar-refractivity contribution is 0.0732. The van der Waals surface area contributed by atoms with E-state index in [1.165, 1.54) is 16.2 Å². The number of nitrogens with zero attached hydrogens (tertiary/aromatic N) is 2. The van der Waals surface area contributed by atoms with Crippen LogP contribution >= 0.6 is 22.7 Å². The largest absolute Gasteiger partial charge is 0.329 e. The molecule has 2 atom stereocenters. The van der Waals surface area contributed by atoms with Crippen LogP contribution < -0.4 is 5.73 Å². The number of rotatable bonds is 3. The Morgan fingerprint density at radius 1 is 1.55 bits per heavy atom. The maximum Gasteiger partial charge on any atom is 0.273 e. The van der Waals surface area contributed by atoms with Gasteiger partial charge >= 0.3 is 0 Å². The molecule has 0 saturated carbocycles. The predicted octanol–water partition coefficient (Wildman–Crippen LogP) is 3.20. The standard InChI is InChI=1S/C14H17N3OS2/c1-9(15)13-16-10(8-20-13)14(18)17-6-2-4-11(17)12-5-3-7-19-12/h3,5,7-9,11H,2,4,6,15H2,1H3. The van der Waals surface area contributed by atoms with Crippen molar-refractivity contribution in [2.24, 2.45) is 5.73 Å². The Morgan fingerprint density at radius 3 is 3.05 bits per heavy atom. The maximum atomic E-state index is 12.6. The lowest BCUT2D eigenvalue weighted by Gasteiger charge is -2.23. The van der Waals surface area contributed by atoms with Crippen LogP contribution in [0.2, 0.25) is 0 Å². The number of carbonyl (C=O) groups is 1. The number of carbonyl (C=O) groups excluding carboxylic acids is 1. The zero-order valence-electron chi connectivity index (χ0n) is 11.3. The zero-order valence-corrected chi connectivity index (χ0v) is 12.9. The Balaban J connectivity index is 1.82. The Morgan fingerprint density at radius 2 is 2.40 bits per heavy atom. The van der Waals surface area contributed by atoms with Gasteiger partial charge in [-0.3, -0.25) is 4.79 Å². The molecule has 1 fully saturated rings. The van der Waals surface area contributed by atoms with E-state index in [4.69, 9.17) is 5.73 Å². The third kappa shape index (κ3) is 2.51. The summed E-state index contributed by atoms with van der Waals surface area (Å²) in [4.78, 5) is 20.2. The first-order chi connectivity index (χ1) is 9.66. The van der Waals surface area contributed by atoms with Crippen LogP contribution in [0.25, 0.3) is 0 Å². The third-order valence-electron chi connectivity index (χ3n) is 3.52. The number of thiophene rings is 1. The van der Waals surface area contributed by atoms with Gasteiger partial charge in [0.15, 0.2) is 0 Å². The average Bonchev–Trinajstić information content (AvgIpc) is 3.17. The van der Waals surface area contributed by atoms with Gasteiger partial charge in [-0.1, -0.05) is 6.07 Å². The predicted molar refractivity (Wildman–Crippen MR) is 82.0 cm³/mol. The summed E-state index contributed by atoms with van der Waals surface area (Å²) < 4.78 is 0. The lowest BCUT2D eigenvalue weighted by Crippen LogP contribution is -2.30. The molecule has 6 heteroatoms. The molecule has 1 aliphatic heterocycles. The van der Waals surface area contributed by atoms with Crippen LogP contribution in [0, 0.1) is 0 Å². The Kier molecular flexibility index (Phi) is 3.87. The molecule has 0 aromatic carbocycles. The number of amides is 1. The molecule has 2 aromatic rings. The fraction of sp³-hybridized carbons (Fsp3) is 0.429. The topological polar surface area (TPSA) is 59.2 Å². The Hall–Kier alpha value is -1.24. The first-order valence-corrected chi connectivity index (χ1v) is 8.48. The number of thiazole rings is 1. The molecular weight excluding hydrogens is 290 g/mol. The van der Waals surface area contributed by atoms with Crippen molar-refractivity contribution in [2.75, 3.05) is 6.54 Å². The van der Waals surface area contributed by atoms with Crippen molar-refractivity contribution in [3.05, 3.63) is 38.5 Å². The molecule has 1 saturated heterocycles. The minimum absolute atomic E-state index is 0.0315. The SMILES string of the molecule is CC(N)c1nc(C(=O)N2CCCC2c2cccs2)cs1. The van der Waals surface area contributed by atoms with Gasteiger partial charge in [0.25, 0.3) is 5.91 Å². The van der Waals surface area contributed by atoms with E-state index in [0.717, 1.165) is 24.4 Å². The number of nitrogens with two attached hydrogens (primary N) is 1. The van der Waals surface area contributed by atoms with Crippen LogP contribution in [0.4, 0.5) is 0 Å². The molecule has 4 nitrogen and oxygen atoms in total. The summed E-state index contributed by atoms with van der Waals surface area (Å²) in [6.07, 6.45) is 2.09. The van der Waals surface area contributed by atoms with E-state index in [2.05, 4.69) is 16.4 Å². The first kappa shape index (κ1) is 13.7. The van der Waals surface area contributed by atoms with E-state index in [-0.39, 0.29) is 18.0 Å². The van der Waals surface area contributed by atoms with Gasteiger partial charge in [0.1, 0.15) is 10.7 Å². The molecule has 20 heavy (non-hydrogen) atoms. The molecule has 0 aliphatic carbocycles. The zero-order chi connectivity index (χ0) is 14.1. The molecule has 2 aromatic heterocycles.